The summed E-state index contributed by atoms with van der Waals surface area (Å²) in [5.74, 6) is -2.30. The van der Waals surface area contributed by atoms with Crippen molar-refractivity contribution in [2.24, 2.45) is 0 Å². The highest BCUT2D eigenvalue weighted by Crippen LogP contribution is 2.40. The van der Waals surface area contributed by atoms with Crippen LogP contribution in [0, 0.1) is 0 Å². The predicted octanol–water partition coefficient (Wildman–Crippen LogP) is 1.30. The molecule has 0 bridgehead atoms. The normalized spacial score (nSPS) is 19.8. The largest absolute Gasteiger partial charge is 0.478 e. The fourth-order valence-corrected chi connectivity index (χ4v) is 3.43. The monoisotopic (exact) mass is 324 g/mol. The van der Waals surface area contributed by atoms with E-state index in [2.05, 4.69) is 5.32 Å². The maximum Gasteiger partial charge on any atom is 0.336 e. The summed E-state index contributed by atoms with van der Waals surface area (Å²) in [4.78, 5) is 49.1. The van der Waals surface area contributed by atoms with Crippen LogP contribution in [0.1, 0.15) is 33.6 Å². The van der Waals surface area contributed by atoms with Crippen LogP contribution in [-0.2, 0) is 9.59 Å². The average molecular weight is 324 g/mol. The Balaban J connectivity index is 1.90. The molecule has 1 fully saturated rings. The van der Waals surface area contributed by atoms with Crippen LogP contribution in [0.5, 0.6) is 0 Å². The van der Waals surface area contributed by atoms with E-state index in [-0.39, 0.29) is 30.2 Å². The highest BCUT2D eigenvalue weighted by Gasteiger charge is 2.40. The summed E-state index contributed by atoms with van der Waals surface area (Å²) in [6, 6.07) is 7.09. The van der Waals surface area contributed by atoms with Gasteiger partial charge >= 0.3 is 5.97 Å². The number of hydrogen-bond acceptors (Lipinski definition) is 4. The van der Waals surface area contributed by atoms with Gasteiger partial charge in [-0.05, 0) is 30.0 Å². The van der Waals surface area contributed by atoms with E-state index < -0.39 is 17.9 Å². The lowest BCUT2D eigenvalue weighted by Gasteiger charge is -2.30. The lowest BCUT2D eigenvalue weighted by atomic mass is 10.00. The first-order chi connectivity index (χ1) is 11.5. The third-order valence-electron chi connectivity index (χ3n) is 4.48. The number of nitrogens with zero attached hydrogens (tertiary/aromatic N) is 1. The van der Waals surface area contributed by atoms with Crippen LogP contribution in [0.2, 0.25) is 0 Å². The van der Waals surface area contributed by atoms with Crippen LogP contribution in [-0.4, -0.2) is 34.8 Å². The van der Waals surface area contributed by atoms with Crippen molar-refractivity contribution in [2.75, 3.05) is 4.90 Å². The number of benzene rings is 2. The Morgan fingerprint density at radius 2 is 1.96 bits per heavy atom. The number of hydrogen-bond donors (Lipinski definition) is 2. The van der Waals surface area contributed by atoms with Crippen LogP contribution in [0.3, 0.4) is 0 Å². The number of rotatable bonds is 2. The Labute approximate surface area is 135 Å². The lowest BCUT2D eigenvalue weighted by Crippen LogP contribution is -2.53. The molecule has 0 aliphatic carbocycles. The number of amides is 3. The Morgan fingerprint density at radius 3 is 2.67 bits per heavy atom. The number of imide groups is 1. The third-order valence-corrected chi connectivity index (χ3v) is 4.48. The summed E-state index contributed by atoms with van der Waals surface area (Å²) in [5.41, 5.74) is 0.980. The molecule has 2 N–H and O–H groups in total. The van der Waals surface area contributed by atoms with E-state index in [1.54, 1.807) is 18.2 Å². The maximum atomic E-state index is 12.8. The first-order valence-electron chi connectivity index (χ1n) is 7.45. The lowest BCUT2D eigenvalue weighted by molar-refractivity contribution is -0.134. The highest BCUT2D eigenvalue weighted by molar-refractivity contribution is 6.28. The molecule has 7 heteroatoms. The molecule has 2 aromatic carbocycles. The molecule has 0 aromatic heterocycles. The van der Waals surface area contributed by atoms with Gasteiger partial charge in [0, 0.05) is 17.4 Å². The molecule has 1 atom stereocenters. The molecular weight excluding hydrogens is 312 g/mol. The second-order valence-electron chi connectivity index (χ2n) is 5.81. The molecule has 1 saturated heterocycles. The van der Waals surface area contributed by atoms with Crippen molar-refractivity contribution in [1.29, 1.82) is 0 Å². The van der Waals surface area contributed by atoms with E-state index in [0.29, 0.717) is 22.0 Å². The van der Waals surface area contributed by atoms with Crippen molar-refractivity contribution < 1.29 is 24.3 Å². The van der Waals surface area contributed by atoms with Gasteiger partial charge in [0.05, 0.1) is 11.3 Å². The summed E-state index contributed by atoms with van der Waals surface area (Å²) in [6.45, 7) is 0. The van der Waals surface area contributed by atoms with Crippen LogP contribution in [0.15, 0.2) is 30.3 Å². The van der Waals surface area contributed by atoms with Crippen molar-refractivity contribution in [2.45, 2.75) is 18.9 Å². The van der Waals surface area contributed by atoms with Crippen LogP contribution < -0.4 is 10.2 Å². The fraction of sp³-hybridized carbons (Fsp3) is 0.176. The summed E-state index contributed by atoms with van der Waals surface area (Å²) < 4.78 is 0. The number of nitrogens with one attached hydrogen (secondary N) is 1. The molecule has 2 aromatic rings. The quantitative estimate of drug-likeness (QED) is 0.811. The Morgan fingerprint density at radius 1 is 1.17 bits per heavy atom. The maximum absolute atomic E-state index is 12.8. The van der Waals surface area contributed by atoms with Gasteiger partial charge in [-0.2, -0.15) is 0 Å². The van der Waals surface area contributed by atoms with Crippen LogP contribution in [0.4, 0.5) is 5.69 Å². The van der Waals surface area contributed by atoms with E-state index in [1.165, 1.54) is 17.0 Å². The van der Waals surface area contributed by atoms with Gasteiger partial charge in [-0.3, -0.25) is 24.6 Å². The van der Waals surface area contributed by atoms with Crippen LogP contribution in [0.25, 0.3) is 10.8 Å². The van der Waals surface area contributed by atoms with Gasteiger partial charge < -0.3 is 5.11 Å². The van der Waals surface area contributed by atoms with Crippen LogP contribution >= 0.6 is 0 Å². The van der Waals surface area contributed by atoms with E-state index in [1.807, 2.05) is 0 Å². The minimum atomic E-state index is -1.08. The number of anilines is 1. The summed E-state index contributed by atoms with van der Waals surface area (Å²) in [5, 5.41) is 12.6. The molecule has 3 amide bonds. The SMILES string of the molecule is O=C1CCC(N2C(=O)c3ccc(C(=O)O)c4cccc2c34)C(=O)N1. The van der Waals surface area contributed by atoms with Crippen molar-refractivity contribution >= 4 is 40.2 Å². The van der Waals surface area contributed by atoms with Gasteiger partial charge in [0.15, 0.2) is 0 Å². The second-order valence-corrected chi connectivity index (χ2v) is 5.81. The molecule has 4 rings (SSSR count). The average Bonchev–Trinajstić information content (AvgIpc) is 2.82. The summed E-state index contributed by atoms with van der Waals surface area (Å²) in [6.07, 6.45) is 0.402. The molecule has 24 heavy (non-hydrogen) atoms. The summed E-state index contributed by atoms with van der Waals surface area (Å²) in [7, 11) is 0. The molecule has 1 unspecified atom stereocenters. The zero-order chi connectivity index (χ0) is 17.0. The molecular formula is C17H12N2O5. The molecule has 0 spiro atoms. The highest BCUT2D eigenvalue weighted by atomic mass is 16.4. The zero-order valence-corrected chi connectivity index (χ0v) is 12.4. The minimum absolute atomic E-state index is 0.105. The first kappa shape index (κ1) is 14.4. The van der Waals surface area contributed by atoms with E-state index in [4.69, 9.17) is 0 Å². The topological polar surface area (TPSA) is 104 Å². The molecule has 120 valence electrons. The van der Waals surface area contributed by atoms with Crippen molar-refractivity contribution in [3.05, 3.63) is 41.5 Å². The number of carbonyl (C=O) groups excluding carboxylic acids is 3. The van der Waals surface area contributed by atoms with Gasteiger partial charge in [-0.15, -0.1) is 0 Å². The standard InChI is InChI=1S/C17H12N2O5/c20-13-7-6-12(15(21)18-13)19-11-3-1-2-8-9(17(23)24)4-5-10(14(8)11)16(19)22/h1-5,12H,6-7H2,(H,23,24)(H,18,20,21). The number of carboxylic acid groups (broad SMARTS) is 1. The second kappa shape index (κ2) is 4.89. The zero-order valence-electron chi connectivity index (χ0n) is 12.4. The van der Waals surface area contributed by atoms with Gasteiger partial charge in [0.1, 0.15) is 6.04 Å². The van der Waals surface area contributed by atoms with Gasteiger partial charge in [0.25, 0.3) is 5.91 Å². The summed E-state index contributed by atoms with van der Waals surface area (Å²) >= 11 is 0. The van der Waals surface area contributed by atoms with Gasteiger partial charge in [-0.25, -0.2) is 4.79 Å². The van der Waals surface area contributed by atoms with Crippen molar-refractivity contribution in [3.63, 3.8) is 0 Å². The number of piperidine rings is 1. The predicted molar refractivity (Wildman–Crippen MR) is 83.9 cm³/mol. The van der Waals surface area contributed by atoms with E-state index in [9.17, 15) is 24.3 Å². The number of carbonyl (C=O) groups is 4. The van der Waals surface area contributed by atoms with Gasteiger partial charge in [-0.1, -0.05) is 12.1 Å². The Hall–Kier alpha value is -3.22. The first-order valence-corrected chi connectivity index (χ1v) is 7.45. The minimum Gasteiger partial charge on any atom is -0.478 e. The molecule has 0 radical (unpaired) electrons. The van der Waals surface area contributed by atoms with E-state index in [0.717, 1.165) is 0 Å². The fourth-order valence-electron chi connectivity index (χ4n) is 3.43. The molecule has 2 aliphatic rings. The molecule has 2 aliphatic heterocycles. The molecule has 7 nitrogen and oxygen atoms in total. The molecule has 2 heterocycles. The Bertz CT molecular complexity index is 949. The third kappa shape index (κ3) is 1.84. The van der Waals surface area contributed by atoms with Crippen molar-refractivity contribution in [1.82, 2.24) is 5.32 Å². The van der Waals surface area contributed by atoms with Crippen molar-refractivity contribution in [3.8, 4) is 0 Å². The number of aromatic carboxylic acids is 1. The Kier molecular flexibility index (Phi) is 2.93. The van der Waals surface area contributed by atoms with E-state index >= 15 is 0 Å². The molecule has 0 saturated carbocycles. The number of carboxylic acids is 1. The smallest absolute Gasteiger partial charge is 0.336 e. The van der Waals surface area contributed by atoms with Gasteiger partial charge in [0.2, 0.25) is 11.8 Å².